The molecule has 0 bridgehead atoms. The molecule has 2 aliphatic rings. The zero-order chi connectivity index (χ0) is 17.2. The van der Waals surface area contributed by atoms with Crippen LogP contribution >= 0.6 is 0 Å². The van der Waals surface area contributed by atoms with Crippen LogP contribution in [0.2, 0.25) is 0 Å². The maximum Gasteiger partial charge on any atom is 0.326 e. The van der Waals surface area contributed by atoms with Gasteiger partial charge in [0.2, 0.25) is 0 Å². The molecule has 0 radical (unpaired) electrons. The van der Waals surface area contributed by atoms with E-state index in [9.17, 15) is 14.4 Å². The van der Waals surface area contributed by atoms with Crippen molar-refractivity contribution in [2.45, 2.75) is 44.8 Å². The fraction of sp³-hybridized carbons (Fsp3) is 0.529. The van der Waals surface area contributed by atoms with Gasteiger partial charge in [-0.05, 0) is 30.9 Å². The Bertz CT molecular complexity index is 648. The van der Waals surface area contributed by atoms with Gasteiger partial charge < -0.3 is 10.1 Å². The number of hydrogen-bond donors (Lipinski definition) is 1. The van der Waals surface area contributed by atoms with Gasteiger partial charge in [-0.3, -0.25) is 19.5 Å². The number of hydrogen-bond acceptors (Lipinski definition) is 5. The predicted molar refractivity (Wildman–Crippen MR) is 84.6 cm³/mol. The third-order valence-corrected chi connectivity index (χ3v) is 4.90. The van der Waals surface area contributed by atoms with E-state index in [2.05, 4.69) is 10.3 Å². The van der Waals surface area contributed by atoms with Gasteiger partial charge in [0.15, 0.2) is 0 Å². The summed E-state index contributed by atoms with van der Waals surface area (Å²) in [5, 5.41) is 2.82. The first kappa shape index (κ1) is 16.4. The number of ether oxygens (including phenoxy) is 1. The van der Waals surface area contributed by atoms with Crippen LogP contribution in [-0.4, -0.2) is 39.9 Å². The molecule has 1 aromatic heterocycles. The zero-order valence-corrected chi connectivity index (χ0v) is 13.7. The van der Waals surface area contributed by atoms with E-state index in [-0.39, 0.29) is 25.0 Å². The lowest BCUT2D eigenvalue weighted by molar-refractivity contribution is -0.149. The van der Waals surface area contributed by atoms with Crippen LogP contribution in [0.3, 0.4) is 0 Å². The number of carbonyl (C=O) groups excluding carboxylic acids is 3. The molecule has 2 atom stereocenters. The quantitative estimate of drug-likeness (QED) is 0.669. The van der Waals surface area contributed by atoms with Crippen molar-refractivity contribution in [3.05, 3.63) is 30.1 Å². The molecule has 7 nitrogen and oxygen atoms in total. The highest BCUT2D eigenvalue weighted by Gasteiger charge is 2.55. The molecule has 1 saturated heterocycles. The van der Waals surface area contributed by atoms with Gasteiger partial charge in [-0.15, -0.1) is 0 Å². The molecule has 128 valence electrons. The molecule has 2 fully saturated rings. The van der Waals surface area contributed by atoms with Crippen LogP contribution in [0.15, 0.2) is 24.4 Å². The molecule has 1 aliphatic carbocycles. The lowest BCUT2D eigenvalue weighted by atomic mass is 9.73. The van der Waals surface area contributed by atoms with Gasteiger partial charge in [0.1, 0.15) is 18.7 Å². The van der Waals surface area contributed by atoms with Crippen LogP contribution in [0.25, 0.3) is 0 Å². The maximum atomic E-state index is 12.7. The topological polar surface area (TPSA) is 88.6 Å². The molecule has 7 heteroatoms. The van der Waals surface area contributed by atoms with Crippen LogP contribution in [0.1, 0.15) is 38.3 Å². The van der Waals surface area contributed by atoms with Crippen molar-refractivity contribution < 1.29 is 19.1 Å². The second-order valence-corrected chi connectivity index (χ2v) is 6.42. The molecule has 1 saturated carbocycles. The van der Waals surface area contributed by atoms with E-state index in [4.69, 9.17) is 4.74 Å². The van der Waals surface area contributed by atoms with Gasteiger partial charge >= 0.3 is 12.0 Å². The van der Waals surface area contributed by atoms with Gasteiger partial charge in [-0.2, -0.15) is 0 Å². The summed E-state index contributed by atoms with van der Waals surface area (Å²) in [5.41, 5.74) is -0.239. The number of nitrogens with one attached hydrogen (secondary N) is 1. The fourth-order valence-corrected chi connectivity index (χ4v) is 3.45. The smallest absolute Gasteiger partial charge is 0.326 e. The molecular weight excluding hydrogens is 310 g/mol. The Labute approximate surface area is 140 Å². The summed E-state index contributed by atoms with van der Waals surface area (Å²) in [6, 6.07) is 4.79. The molecule has 3 amide bonds. The first-order valence-electron chi connectivity index (χ1n) is 8.22. The van der Waals surface area contributed by atoms with Crippen molar-refractivity contribution in [2.24, 2.45) is 5.92 Å². The van der Waals surface area contributed by atoms with Crippen molar-refractivity contribution in [1.29, 1.82) is 0 Å². The first-order valence-corrected chi connectivity index (χ1v) is 8.22. The molecular formula is C17H21N3O4. The third kappa shape index (κ3) is 2.98. The number of pyridine rings is 1. The fourth-order valence-electron chi connectivity index (χ4n) is 3.45. The number of rotatable bonds is 4. The van der Waals surface area contributed by atoms with Gasteiger partial charge in [0, 0.05) is 6.20 Å². The Morgan fingerprint density at radius 1 is 1.42 bits per heavy atom. The lowest BCUT2D eigenvalue weighted by Crippen LogP contribution is -2.54. The minimum atomic E-state index is -0.851. The van der Waals surface area contributed by atoms with E-state index in [0.717, 1.165) is 24.2 Å². The summed E-state index contributed by atoms with van der Waals surface area (Å²) in [4.78, 5) is 41.9. The van der Waals surface area contributed by atoms with Crippen LogP contribution in [-0.2, 0) is 20.9 Å². The Balaban J connectivity index is 1.61. The van der Waals surface area contributed by atoms with Crippen LogP contribution < -0.4 is 5.32 Å². The molecule has 2 unspecified atom stereocenters. The lowest BCUT2D eigenvalue weighted by Gasteiger charge is -2.36. The first-order chi connectivity index (χ1) is 11.5. The molecule has 1 spiro atoms. The van der Waals surface area contributed by atoms with Gasteiger partial charge in [-0.25, -0.2) is 4.79 Å². The summed E-state index contributed by atoms with van der Waals surface area (Å²) in [5.74, 6) is -0.864. The van der Waals surface area contributed by atoms with E-state index >= 15 is 0 Å². The Kier molecular flexibility index (Phi) is 4.51. The molecule has 24 heavy (non-hydrogen) atoms. The summed E-state index contributed by atoms with van der Waals surface area (Å²) in [6.07, 6.45) is 5.07. The Morgan fingerprint density at radius 3 is 2.96 bits per heavy atom. The van der Waals surface area contributed by atoms with Gasteiger partial charge in [0.25, 0.3) is 5.91 Å². The standard InChI is InChI=1S/C17H21N3O4/c1-12-6-2-4-8-17(12)15(22)20(16(23)19-17)10-14(21)24-11-13-7-3-5-9-18-13/h3,5,7,9,12H,2,4,6,8,10-11H2,1H3,(H,19,23). The van der Waals surface area contributed by atoms with Crippen molar-refractivity contribution in [2.75, 3.05) is 6.54 Å². The zero-order valence-electron chi connectivity index (χ0n) is 13.7. The third-order valence-electron chi connectivity index (χ3n) is 4.90. The van der Waals surface area contributed by atoms with Crippen LogP contribution in [0, 0.1) is 5.92 Å². The van der Waals surface area contributed by atoms with E-state index in [1.165, 1.54) is 0 Å². The van der Waals surface area contributed by atoms with Crippen molar-refractivity contribution in [3.63, 3.8) is 0 Å². The largest absolute Gasteiger partial charge is 0.458 e. The molecule has 3 rings (SSSR count). The van der Waals surface area contributed by atoms with E-state index in [1.54, 1.807) is 24.4 Å². The minimum Gasteiger partial charge on any atom is -0.458 e. The molecule has 1 N–H and O–H groups in total. The van der Waals surface area contributed by atoms with Crippen molar-refractivity contribution >= 4 is 17.9 Å². The van der Waals surface area contributed by atoms with Gasteiger partial charge in [0.05, 0.1) is 5.69 Å². The molecule has 0 aromatic carbocycles. The minimum absolute atomic E-state index is 0.0187. The number of nitrogens with zero attached hydrogens (tertiary/aromatic N) is 2. The van der Waals surface area contributed by atoms with Crippen molar-refractivity contribution in [3.8, 4) is 0 Å². The molecule has 2 heterocycles. The SMILES string of the molecule is CC1CCCCC12NC(=O)N(CC(=O)OCc1ccccn1)C2=O. The summed E-state index contributed by atoms with van der Waals surface area (Å²) in [6.45, 7) is 1.62. The highest BCUT2D eigenvalue weighted by Crippen LogP contribution is 2.38. The Hall–Kier alpha value is -2.44. The summed E-state index contributed by atoms with van der Waals surface area (Å²) in [7, 11) is 0. The van der Waals surface area contributed by atoms with Crippen LogP contribution in [0.5, 0.6) is 0 Å². The van der Waals surface area contributed by atoms with Crippen molar-refractivity contribution in [1.82, 2.24) is 15.2 Å². The number of carbonyl (C=O) groups is 3. The molecule has 1 aliphatic heterocycles. The highest BCUT2D eigenvalue weighted by atomic mass is 16.5. The normalized spacial score (nSPS) is 26.5. The van der Waals surface area contributed by atoms with E-state index in [0.29, 0.717) is 12.1 Å². The number of imide groups is 1. The van der Waals surface area contributed by atoms with Gasteiger partial charge in [-0.1, -0.05) is 25.8 Å². The molecule has 1 aromatic rings. The number of aromatic nitrogens is 1. The second kappa shape index (κ2) is 6.59. The highest BCUT2D eigenvalue weighted by molar-refractivity contribution is 6.08. The second-order valence-electron chi connectivity index (χ2n) is 6.42. The van der Waals surface area contributed by atoms with Crippen LogP contribution in [0.4, 0.5) is 4.79 Å². The maximum absolute atomic E-state index is 12.7. The van der Waals surface area contributed by atoms with E-state index in [1.807, 2.05) is 6.92 Å². The average molecular weight is 331 g/mol. The van der Waals surface area contributed by atoms with E-state index < -0.39 is 17.5 Å². The monoisotopic (exact) mass is 331 g/mol. The average Bonchev–Trinajstić information content (AvgIpc) is 2.82. The predicted octanol–water partition coefficient (Wildman–Crippen LogP) is 1.63. The summed E-state index contributed by atoms with van der Waals surface area (Å²) >= 11 is 0. The number of urea groups is 1. The number of esters is 1. The summed E-state index contributed by atoms with van der Waals surface area (Å²) < 4.78 is 5.11. The Morgan fingerprint density at radius 2 is 2.25 bits per heavy atom. The number of amides is 3.